The fraction of sp³-hybridized carbons (Fsp3) is 0.650. The molecule has 0 radical (unpaired) electrons. The van der Waals surface area contributed by atoms with Gasteiger partial charge in [-0.3, -0.25) is 9.69 Å². The van der Waals surface area contributed by atoms with Gasteiger partial charge >= 0.3 is 0 Å². The highest BCUT2D eigenvalue weighted by Gasteiger charge is 2.46. The second-order valence-corrected chi connectivity index (χ2v) is 7.51. The van der Waals surface area contributed by atoms with Crippen LogP contribution in [0.5, 0.6) is 0 Å². The van der Waals surface area contributed by atoms with Crippen molar-refractivity contribution in [1.29, 1.82) is 0 Å². The zero-order valence-corrected chi connectivity index (χ0v) is 14.0. The van der Waals surface area contributed by atoms with Crippen LogP contribution >= 0.6 is 0 Å². The van der Waals surface area contributed by atoms with Gasteiger partial charge in [0.05, 0.1) is 0 Å². The smallest absolute Gasteiger partial charge is 0.226 e. The van der Waals surface area contributed by atoms with Gasteiger partial charge in [0.25, 0.3) is 0 Å². The van der Waals surface area contributed by atoms with E-state index in [1.54, 1.807) is 0 Å². The van der Waals surface area contributed by atoms with Crippen molar-refractivity contribution >= 4 is 5.91 Å². The molecule has 4 rings (SSSR count). The highest BCUT2D eigenvalue weighted by atomic mass is 16.2. The summed E-state index contributed by atoms with van der Waals surface area (Å²) in [6.45, 7) is 4.04. The molecule has 23 heavy (non-hydrogen) atoms. The summed E-state index contributed by atoms with van der Waals surface area (Å²) in [4.78, 5) is 17.5. The molecule has 3 fully saturated rings. The van der Waals surface area contributed by atoms with Crippen LogP contribution in [0.15, 0.2) is 30.3 Å². The van der Waals surface area contributed by atoms with Crippen molar-refractivity contribution in [3.63, 3.8) is 0 Å². The van der Waals surface area contributed by atoms with Crippen LogP contribution in [-0.2, 0) is 4.79 Å². The van der Waals surface area contributed by atoms with Crippen molar-refractivity contribution in [3.8, 4) is 0 Å². The lowest BCUT2D eigenvalue weighted by Gasteiger charge is -2.40. The summed E-state index contributed by atoms with van der Waals surface area (Å²) < 4.78 is 0. The maximum atomic E-state index is 12.7. The number of carbonyl (C=O) groups excluding carboxylic acids is 1. The van der Waals surface area contributed by atoms with Gasteiger partial charge in [-0.2, -0.15) is 0 Å². The van der Waals surface area contributed by atoms with Gasteiger partial charge in [0.2, 0.25) is 5.91 Å². The Hall–Kier alpha value is -1.35. The van der Waals surface area contributed by atoms with E-state index in [0.717, 1.165) is 38.6 Å². The molecule has 2 saturated carbocycles. The van der Waals surface area contributed by atoms with Gasteiger partial charge in [-0.05, 0) is 30.7 Å². The Balaban J connectivity index is 1.28. The lowest BCUT2D eigenvalue weighted by Crippen LogP contribution is -2.52. The molecule has 1 aliphatic heterocycles. The number of hydrogen-bond donors (Lipinski definition) is 0. The number of rotatable bonds is 3. The minimum absolute atomic E-state index is 0.249. The maximum Gasteiger partial charge on any atom is 0.226 e. The first kappa shape index (κ1) is 15.2. The van der Waals surface area contributed by atoms with E-state index in [1.807, 2.05) is 6.07 Å². The largest absolute Gasteiger partial charge is 0.340 e. The molecule has 1 unspecified atom stereocenters. The molecule has 1 saturated heterocycles. The Morgan fingerprint density at radius 1 is 0.913 bits per heavy atom. The number of carbonyl (C=O) groups is 1. The zero-order chi connectivity index (χ0) is 15.6. The average Bonchev–Trinajstić information content (AvgIpc) is 3.44. The van der Waals surface area contributed by atoms with Gasteiger partial charge in [0, 0.05) is 38.1 Å². The van der Waals surface area contributed by atoms with Gasteiger partial charge in [-0.15, -0.1) is 0 Å². The molecular weight excluding hydrogens is 284 g/mol. The van der Waals surface area contributed by atoms with E-state index in [1.165, 1.54) is 37.7 Å². The van der Waals surface area contributed by atoms with Gasteiger partial charge < -0.3 is 4.90 Å². The molecule has 1 aromatic rings. The SMILES string of the molecule is O=C([C@H]1CC1c1ccccc1)N1CCN(C2CCCCC2)CC1. The van der Waals surface area contributed by atoms with Crippen LogP contribution in [-0.4, -0.2) is 47.9 Å². The second-order valence-electron chi connectivity index (χ2n) is 7.51. The fourth-order valence-electron chi connectivity index (χ4n) is 4.52. The Labute approximate surface area is 139 Å². The number of piperazine rings is 1. The predicted octanol–water partition coefficient (Wildman–Crippen LogP) is 3.27. The van der Waals surface area contributed by atoms with E-state index in [0.29, 0.717) is 11.8 Å². The van der Waals surface area contributed by atoms with Crippen molar-refractivity contribution < 1.29 is 4.79 Å². The maximum absolute atomic E-state index is 12.7. The van der Waals surface area contributed by atoms with Crippen LogP contribution in [0.2, 0.25) is 0 Å². The lowest BCUT2D eigenvalue weighted by molar-refractivity contribution is -0.134. The molecule has 3 heteroatoms. The molecule has 1 aromatic carbocycles. The predicted molar refractivity (Wildman–Crippen MR) is 92.3 cm³/mol. The summed E-state index contributed by atoms with van der Waals surface area (Å²) in [5.74, 6) is 1.13. The van der Waals surface area contributed by atoms with Crippen molar-refractivity contribution in [2.75, 3.05) is 26.2 Å². The molecule has 1 heterocycles. The number of hydrogen-bond acceptors (Lipinski definition) is 2. The first-order chi connectivity index (χ1) is 11.3. The normalized spacial score (nSPS) is 29.5. The summed E-state index contributed by atoms with van der Waals surface area (Å²) in [5, 5.41) is 0. The lowest BCUT2D eigenvalue weighted by atomic mass is 9.94. The summed E-state index contributed by atoms with van der Waals surface area (Å²) in [6, 6.07) is 11.3. The first-order valence-corrected chi connectivity index (χ1v) is 9.41. The quantitative estimate of drug-likeness (QED) is 0.855. The van der Waals surface area contributed by atoms with E-state index >= 15 is 0 Å². The first-order valence-electron chi connectivity index (χ1n) is 9.41. The molecule has 3 aliphatic rings. The van der Waals surface area contributed by atoms with Crippen LogP contribution in [0.3, 0.4) is 0 Å². The molecule has 0 spiro atoms. The van der Waals surface area contributed by atoms with Crippen LogP contribution in [0.25, 0.3) is 0 Å². The molecule has 0 bridgehead atoms. The third-order valence-electron chi connectivity index (χ3n) is 6.05. The van der Waals surface area contributed by atoms with E-state index < -0.39 is 0 Å². The third kappa shape index (κ3) is 3.30. The van der Waals surface area contributed by atoms with Crippen LogP contribution in [0.4, 0.5) is 0 Å². The van der Waals surface area contributed by atoms with Crippen molar-refractivity contribution in [3.05, 3.63) is 35.9 Å². The standard InChI is InChI=1S/C20H28N2O/c23-20(19-15-18(19)16-7-3-1-4-8-16)22-13-11-21(12-14-22)17-9-5-2-6-10-17/h1,3-4,7-8,17-19H,2,5-6,9-15H2/t18?,19-/m0/s1. The third-order valence-corrected chi connectivity index (χ3v) is 6.05. The van der Waals surface area contributed by atoms with Crippen LogP contribution in [0, 0.1) is 5.92 Å². The van der Waals surface area contributed by atoms with Gasteiger partial charge in [0.15, 0.2) is 0 Å². The number of amides is 1. The molecule has 1 amide bonds. The molecular formula is C20H28N2O. The number of benzene rings is 1. The van der Waals surface area contributed by atoms with E-state index in [4.69, 9.17) is 0 Å². The zero-order valence-electron chi connectivity index (χ0n) is 14.0. The highest BCUT2D eigenvalue weighted by Crippen LogP contribution is 2.48. The Kier molecular flexibility index (Phi) is 4.39. The van der Waals surface area contributed by atoms with Crippen molar-refractivity contribution in [1.82, 2.24) is 9.80 Å². The van der Waals surface area contributed by atoms with E-state index in [9.17, 15) is 4.79 Å². The second kappa shape index (κ2) is 6.64. The van der Waals surface area contributed by atoms with E-state index in [2.05, 4.69) is 34.1 Å². The summed E-state index contributed by atoms with van der Waals surface area (Å²) in [6.07, 6.45) is 7.98. The van der Waals surface area contributed by atoms with Crippen LogP contribution in [0.1, 0.15) is 50.0 Å². The van der Waals surface area contributed by atoms with Crippen molar-refractivity contribution in [2.45, 2.75) is 50.5 Å². The van der Waals surface area contributed by atoms with Crippen molar-refractivity contribution in [2.24, 2.45) is 5.92 Å². The molecule has 124 valence electrons. The highest BCUT2D eigenvalue weighted by molar-refractivity contribution is 5.83. The number of nitrogens with zero attached hydrogens (tertiary/aromatic N) is 2. The molecule has 0 aromatic heterocycles. The minimum Gasteiger partial charge on any atom is -0.340 e. The molecule has 2 atom stereocenters. The van der Waals surface area contributed by atoms with Crippen LogP contribution < -0.4 is 0 Å². The van der Waals surface area contributed by atoms with Gasteiger partial charge in [0.1, 0.15) is 0 Å². The summed E-state index contributed by atoms with van der Waals surface area (Å²) >= 11 is 0. The van der Waals surface area contributed by atoms with Gasteiger partial charge in [-0.25, -0.2) is 0 Å². The molecule has 3 nitrogen and oxygen atoms in total. The summed E-state index contributed by atoms with van der Waals surface area (Å²) in [5.41, 5.74) is 1.34. The topological polar surface area (TPSA) is 23.6 Å². The minimum atomic E-state index is 0.249. The Morgan fingerprint density at radius 3 is 2.30 bits per heavy atom. The van der Waals surface area contributed by atoms with Gasteiger partial charge in [-0.1, -0.05) is 49.6 Å². The average molecular weight is 312 g/mol. The Bertz CT molecular complexity index is 530. The molecule has 0 N–H and O–H groups in total. The van der Waals surface area contributed by atoms with E-state index in [-0.39, 0.29) is 5.92 Å². The fourth-order valence-corrected chi connectivity index (χ4v) is 4.52. The molecule has 2 aliphatic carbocycles. The monoisotopic (exact) mass is 312 g/mol. The summed E-state index contributed by atoms with van der Waals surface area (Å²) in [7, 11) is 0. The Morgan fingerprint density at radius 2 is 1.61 bits per heavy atom.